The van der Waals surface area contributed by atoms with Crippen LogP contribution in [0.4, 0.5) is 0 Å². The van der Waals surface area contributed by atoms with Crippen LogP contribution >= 0.6 is 22.9 Å². The zero-order chi connectivity index (χ0) is 31.2. The lowest BCUT2D eigenvalue weighted by atomic mass is 9.92. The Labute approximate surface area is 269 Å². The lowest BCUT2D eigenvalue weighted by molar-refractivity contribution is 0.602. The van der Waals surface area contributed by atoms with Crippen LogP contribution in [-0.4, -0.2) is 35.1 Å². The van der Waals surface area contributed by atoms with Gasteiger partial charge >= 0.3 is 0 Å². The molecule has 6 rings (SSSR count). The minimum Gasteiger partial charge on any atom is -0.259 e. The molecule has 0 aliphatic heterocycles. The molecular weight excluding hydrogens is 628 g/mol. The molecule has 4 aromatic carbocycles. The molecule has 1 atom stereocenters. The van der Waals surface area contributed by atoms with Crippen LogP contribution in [-0.2, 0) is 25.4 Å². The second-order valence-corrected chi connectivity index (χ2v) is 16.5. The van der Waals surface area contributed by atoms with Gasteiger partial charge in [0, 0.05) is 56.6 Å². The summed E-state index contributed by atoms with van der Waals surface area (Å²) in [5.74, 6) is 0. The molecule has 2 heterocycles. The third-order valence-corrected chi connectivity index (χ3v) is 12.0. The largest absolute Gasteiger partial charge is 0.259 e. The van der Waals surface area contributed by atoms with E-state index in [-0.39, 0.29) is 4.90 Å². The minimum atomic E-state index is -3.34. The van der Waals surface area contributed by atoms with Crippen LogP contribution in [0.25, 0.3) is 54.3 Å². The Morgan fingerprint density at radius 1 is 0.818 bits per heavy atom. The Kier molecular flexibility index (Phi) is 8.05. The topological polar surface area (TPSA) is 77.0 Å². The number of fused-ring (bicyclic) bond motifs is 1. The van der Waals surface area contributed by atoms with Crippen LogP contribution in [0, 0.1) is 0 Å². The first-order valence-electron chi connectivity index (χ1n) is 13.8. The summed E-state index contributed by atoms with van der Waals surface area (Å²) in [5.41, 5.74) is 7.20. The fourth-order valence-electron chi connectivity index (χ4n) is 5.07. The summed E-state index contributed by atoms with van der Waals surface area (Å²) in [7, 11) is -4.43. The Morgan fingerprint density at radius 2 is 1.52 bits per heavy atom. The summed E-state index contributed by atoms with van der Waals surface area (Å²) in [6.45, 7) is 3.99. The molecule has 0 aliphatic rings. The van der Waals surface area contributed by atoms with E-state index in [0.717, 1.165) is 59.9 Å². The van der Waals surface area contributed by atoms with Gasteiger partial charge in [-0.15, -0.1) is 11.3 Å². The van der Waals surface area contributed by atoms with Gasteiger partial charge in [-0.3, -0.25) is 9.19 Å². The van der Waals surface area contributed by atoms with Gasteiger partial charge in [-0.2, -0.15) is 0 Å². The summed E-state index contributed by atoms with van der Waals surface area (Å²) in [6, 6.07) is 30.8. The van der Waals surface area contributed by atoms with Crippen molar-refractivity contribution in [3.63, 3.8) is 0 Å². The summed E-state index contributed by atoms with van der Waals surface area (Å²) in [6.07, 6.45) is 4.72. The van der Waals surface area contributed by atoms with Gasteiger partial charge in [0.2, 0.25) is 0 Å². The van der Waals surface area contributed by atoms with Crippen molar-refractivity contribution in [2.45, 2.75) is 23.5 Å². The molecule has 0 N–H and O–H groups in total. The third kappa shape index (κ3) is 5.87. The summed E-state index contributed by atoms with van der Waals surface area (Å²) < 4.78 is 36.4. The number of aromatic nitrogens is 2. The predicted molar refractivity (Wildman–Crippen MR) is 184 cm³/mol. The lowest BCUT2D eigenvalue weighted by Crippen LogP contribution is -2.22. The Balaban J connectivity index is 1.55. The van der Waals surface area contributed by atoms with Crippen LogP contribution in [0.3, 0.4) is 0 Å². The van der Waals surface area contributed by atoms with E-state index in [0.29, 0.717) is 5.02 Å². The number of sulfone groups is 1. The second kappa shape index (κ2) is 11.7. The molecule has 0 bridgehead atoms. The molecule has 6 aromatic rings. The average molecular weight is 657 g/mol. The van der Waals surface area contributed by atoms with Crippen molar-refractivity contribution in [3.05, 3.63) is 114 Å². The van der Waals surface area contributed by atoms with Gasteiger partial charge in [-0.1, -0.05) is 60.1 Å². The molecule has 0 fully saturated rings. The number of pyridine rings is 1. The normalized spacial score (nSPS) is 12.8. The van der Waals surface area contributed by atoms with E-state index in [4.69, 9.17) is 21.6 Å². The van der Waals surface area contributed by atoms with E-state index in [9.17, 15) is 12.6 Å². The van der Waals surface area contributed by atoms with Crippen LogP contribution in [0.1, 0.15) is 19.4 Å². The molecule has 0 radical (unpaired) electrons. The number of halogens is 1. The smallest absolute Gasteiger partial charge is 0.175 e. The number of rotatable bonds is 7. The monoisotopic (exact) mass is 656 g/mol. The second-order valence-electron chi connectivity index (χ2n) is 11.1. The van der Waals surface area contributed by atoms with Crippen LogP contribution < -0.4 is 0 Å². The van der Waals surface area contributed by atoms with Crippen molar-refractivity contribution in [2.24, 2.45) is 0 Å². The van der Waals surface area contributed by atoms with Crippen molar-refractivity contribution in [2.75, 3.05) is 12.5 Å². The average Bonchev–Trinajstić information content (AvgIpc) is 3.46. The van der Waals surface area contributed by atoms with Crippen molar-refractivity contribution in [1.82, 2.24) is 9.97 Å². The number of benzene rings is 4. The fraction of sp³-hybridized carbons (Fsp3) is 0.143. The van der Waals surface area contributed by atoms with Gasteiger partial charge in [-0.05, 0) is 79.1 Å². The highest BCUT2D eigenvalue weighted by molar-refractivity contribution is 7.90. The number of hydrogen-bond acceptors (Lipinski definition) is 6. The predicted octanol–water partition coefficient (Wildman–Crippen LogP) is 9.03. The highest BCUT2D eigenvalue weighted by Gasteiger charge is 2.27. The van der Waals surface area contributed by atoms with Crippen molar-refractivity contribution < 1.29 is 12.6 Å². The molecule has 222 valence electrons. The Hall–Kier alpha value is -3.69. The number of thiazole rings is 1. The maximum atomic E-state index is 12.7. The van der Waals surface area contributed by atoms with Crippen LogP contribution in [0.15, 0.2) is 108 Å². The minimum absolute atomic E-state index is 0.255. The third-order valence-electron chi connectivity index (χ3n) is 7.81. The first kappa shape index (κ1) is 30.3. The molecule has 1 unspecified atom stereocenters. The quantitative estimate of drug-likeness (QED) is 0.171. The molecule has 0 spiro atoms. The van der Waals surface area contributed by atoms with Crippen molar-refractivity contribution in [3.8, 4) is 43.4 Å². The zero-order valence-electron chi connectivity index (χ0n) is 24.5. The molecule has 0 saturated carbocycles. The molecule has 9 heteroatoms. The summed E-state index contributed by atoms with van der Waals surface area (Å²) >= 11 is 7.88. The van der Waals surface area contributed by atoms with Gasteiger partial charge in [0.15, 0.2) is 9.84 Å². The first-order valence-corrected chi connectivity index (χ1v) is 18.5. The van der Waals surface area contributed by atoms with Crippen molar-refractivity contribution >= 4 is 54.5 Å². The molecule has 0 aliphatic carbocycles. The highest BCUT2D eigenvalue weighted by atomic mass is 35.5. The van der Waals surface area contributed by atoms with E-state index in [2.05, 4.69) is 30.3 Å². The maximum absolute atomic E-state index is 12.7. The highest BCUT2D eigenvalue weighted by Crippen LogP contribution is 2.43. The van der Waals surface area contributed by atoms with E-state index in [1.807, 2.05) is 56.3 Å². The maximum Gasteiger partial charge on any atom is 0.175 e. The molecular formula is C35H29ClN2O3S3. The van der Waals surface area contributed by atoms with Gasteiger partial charge in [-0.25, -0.2) is 13.4 Å². The zero-order valence-corrected chi connectivity index (χ0v) is 27.7. The standard InChI is InChI=1S/C35H29ClN2O3S3/c1-35(2,43(3)39)27-19-24-11-7-17-37-31(24)30(21-27)23-8-5-9-25(18-23)33-32(22-13-15-29(16-14-22)44(4,40)41)38-34(42-33)26-10-6-12-28(36)20-26/h5-21H,1-4H3. The van der Waals surface area contributed by atoms with Crippen LogP contribution in [0.2, 0.25) is 5.02 Å². The molecule has 44 heavy (non-hydrogen) atoms. The number of nitrogens with zero attached hydrogens (tertiary/aromatic N) is 2. The van der Waals surface area contributed by atoms with Crippen molar-refractivity contribution in [1.29, 1.82) is 0 Å². The number of hydrogen-bond donors (Lipinski definition) is 0. The summed E-state index contributed by atoms with van der Waals surface area (Å²) in [5, 5.41) is 2.41. The van der Waals surface area contributed by atoms with Gasteiger partial charge < -0.3 is 0 Å². The van der Waals surface area contributed by atoms with Gasteiger partial charge in [0.25, 0.3) is 0 Å². The first-order chi connectivity index (χ1) is 20.9. The molecule has 0 saturated heterocycles. The van der Waals surface area contributed by atoms with E-state index in [1.165, 1.54) is 6.26 Å². The van der Waals surface area contributed by atoms with Crippen LogP contribution in [0.5, 0.6) is 0 Å². The van der Waals surface area contributed by atoms with E-state index < -0.39 is 25.4 Å². The Bertz CT molecular complexity index is 2170. The van der Waals surface area contributed by atoms with Gasteiger partial charge in [0.05, 0.1) is 25.7 Å². The Morgan fingerprint density at radius 3 is 2.23 bits per heavy atom. The molecule has 5 nitrogen and oxygen atoms in total. The summed E-state index contributed by atoms with van der Waals surface area (Å²) in [4.78, 5) is 11.0. The SMILES string of the molecule is CS(=O)C(C)(C)c1cc(-c2cccc(-c3sc(-c4cccc(Cl)c4)nc3-c3ccc(S(C)(=O)=O)cc3)c2)c2ncccc2c1. The lowest BCUT2D eigenvalue weighted by Gasteiger charge is -2.24. The molecule has 0 amide bonds. The molecule has 2 aromatic heterocycles. The van der Waals surface area contributed by atoms with Gasteiger partial charge in [0.1, 0.15) is 5.01 Å². The van der Waals surface area contributed by atoms with E-state index >= 15 is 0 Å². The fourth-order valence-corrected chi connectivity index (χ4v) is 7.42. The van der Waals surface area contributed by atoms with E-state index in [1.54, 1.807) is 48.1 Å².